The Morgan fingerprint density at radius 1 is 1.15 bits per heavy atom. The topological polar surface area (TPSA) is 55.5 Å². The van der Waals surface area contributed by atoms with Crippen molar-refractivity contribution in [2.24, 2.45) is 5.90 Å². The summed E-state index contributed by atoms with van der Waals surface area (Å²) in [5, 5.41) is 8.63. The number of benzene rings is 1. The molecular weight excluding hydrogens is 166 g/mol. The molecule has 13 heavy (non-hydrogen) atoms. The summed E-state index contributed by atoms with van der Waals surface area (Å²) in [4.78, 5) is 4.51. The van der Waals surface area contributed by atoms with E-state index in [4.69, 9.17) is 11.0 Å². The zero-order valence-corrected chi connectivity index (χ0v) is 7.57. The first kappa shape index (κ1) is 10.2. The van der Waals surface area contributed by atoms with Gasteiger partial charge in [0.1, 0.15) is 0 Å². The molecule has 0 aliphatic heterocycles. The predicted molar refractivity (Wildman–Crippen MR) is 50.8 cm³/mol. The van der Waals surface area contributed by atoms with Crippen LogP contribution in [0.25, 0.3) is 0 Å². The van der Waals surface area contributed by atoms with E-state index in [-0.39, 0.29) is 6.61 Å². The van der Waals surface area contributed by atoms with Crippen LogP contribution in [0.4, 0.5) is 0 Å². The van der Waals surface area contributed by atoms with Gasteiger partial charge in [-0.1, -0.05) is 24.3 Å². The minimum absolute atomic E-state index is 0.244. The number of aliphatic hydroxyl groups excluding tert-OH is 1. The largest absolute Gasteiger partial charge is 0.396 e. The lowest BCUT2D eigenvalue weighted by Crippen LogP contribution is -1.98. The first-order valence-corrected chi connectivity index (χ1v) is 4.37. The summed E-state index contributed by atoms with van der Waals surface area (Å²) in [6, 6.07) is 8.03. The molecule has 1 rings (SSSR count). The summed E-state index contributed by atoms with van der Waals surface area (Å²) in [6.45, 7) is 0.688. The minimum Gasteiger partial charge on any atom is -0.396 e. The minimum atomic E-state index is 0.244. The van der Waals surface area contributed by atoms with Crippen molar-refractivity contribution in [3.05, 3.63) is 35.4 Å². The van der Waals surface area contributed by atoms with E-state index in [1.54, 1.807) is 0 Å². The lowest BCUT2D eigenvalue weighted by atomic mass is 10.1. The van der Waals surface area contributed by atoms with Crippen molar-refractivity contribution in [2.75, 3.05) is 6.61 Å². The molecule has 3 nitrogen and oxygen atoms in total. The van der Waals surface area contributed by atoms with Gasteiger partial charge in [-0.05, 0) is 24.0 Å². The molecule has 0 unspecified atom stereocenters. The van der Waals surface area contributed by atoms with Crippen molar-refractivity contribution < 1.29 is 9.94 Å². The number of hydrogen-bond acceptors (Lipinski definition) is 3. The third kappa shape index (κ3) is 3.55. The van der Waals surface area contributed by atoms with Crippen molar-refractivity contribution in [3.63, 3.8) is 0 Å². The van der Waals surface area contributed by atoms with Crippen molar-refractivity contribution in [1.29, 1.82) is 0 Å². The second-order valence-corrected chi connectivity index (χ2v) is 2.95. The number of aliphatic hydroxyl groups is 1. The average molecular weight is 181 g/mol. The monoisotopic (exact) mass is 181 g/mol. The Morgan fingerprint density at radius 2 is 1.77 bits per heavy atom. The Bertz CT molecular complexity index is 233. The van der Waals surface area contributed by atoms with E-state index in [1.165, 1.54) is 5.56 Å². The van der Waals surface area contributed by atoms with Crippen LogP contribution in [-0.4, -0.2) is 11.7 Å². The normalized spacial score (nSPS) is 10.3. The van der Waals surface area contributed by atoms with Crippen LogP contribution in [0.3, 0.4) is 0 Å². The molecule has 0 saturated carbocycles. The zero-order chi connectivity index (χ0) is 9.52. The molecule has 3 heteroatoms. The standard InChI is InChI=1S/C10H15NO2/c11-13-8-10-5-3-9(4-6-10)2-1-7-12/h3-6,12H,1-2,7-8,11H2. The van der Waals surface area contributed by atoms with Gasteiger partial charge in [0.25, 0.3) is 0 Å². The van der Waals surface area contributed by atoms with E-state index in [2.05, 4.69) is 4.84 Å². The van der Waals surface area contributed by atoms with Crippen LogP contribution < -0.4 is 5.90 Å². The van der Waals surface area contributed by atoms with Crippen LogP contribution in [0, 0.1) is 0 Å². The number of rotatable bonds is 5. The van der Waals surface area contributed by atoms with Gasteiger partial charge in [0.05, 0.1) is 6.61 Å². The van der Waals surface area contributed by atoms with Gasteiger partial charge in [0.2, 0.25) is 0 Å². The lowest BCUT2D eigenvalue weighted by Gasteiger charge is -2.01. The summed E-state index contributed by atoms with van der Waals surface area (Å²) in [5.74, 6) is 4.95. The molecule has 0 aliphatic rings. The summed E-state index contributed by atoms with van der Waals surface area (Å²) < 4.78 is 0. The lowest BCUT2D eigenvalue weighted by molar-refractivity contribution is 0.124. The Morgan fingerprint density at radius 3 is 2.31 bits per heavy atom. The van der Waals surface area contributed by atoms with Crippen LogP contribution in [0.15, 0.2) is 24.3 Å². The quantitative estimate of drug-likeness (QED) is 0.666. The molecular formula is C10H15NO2. The van der Waals surface area contributed by atoms with Crippen LogP contribution in [0.5, 0.6) is 0 Å². The molecule has 3 N–H and O–H groups in total. The molecule has 1 aromatic carbocycles. The molecule has 0 radical (unpaired) electrons. The molecule has 0 spiro atoms. The van der Waals surface area contributed by atoms with Crippen molar-refractivity contribution in [2.45, 2.75) is 19.4 Å². The summed E-state index contributed by atoms with van der Waals surface area (Å²) in [6.07, 6.45) is 1.73. The van der Waals surface area contributed by atoms with Crippen molar-refractivity contribution >= 4 is 0 Å². The van der Waals surface area contributed by atoms with Crippen LogP contribution in [0.2, 0.25) is 0 Å². The summed E-state index contributed by atoms with van der Waals surface area (Å²) in [7, 11) is 0. The molecule has 0 atom stereocenters. The van der Waals surface area contributed by atoms with Crippen molar-refractivity contribution in [3.8, 4) is 0 Å². The zero-order valence-electron chi connectivity index (χ0n) is 7.57. The number of aryl methyl sites for hydroxylation is 1. The molecule has 0 aromatic heterocycles. The molecule has 0 bridgehead atoms. The van der Waals surface area contributed by atoms with Gasteiger partial charge in [0, 0.05) is 6.61 Å². The van der Waals surface area contributed by atoms with Gasteiger partial charge in [-0.25, -0.2) is 5.90 Å². The van der Waals surface area contributed by atoms with E-state index in [1.807, 2.05) is 24.3 Å². The molecule has 72 valence electrons. The van der Waals surface area contributed by atoms with Gasteiger partial charge in [-0.2, -0.15) is 0 Å². The molecule has 0 saturated heterocycles. The maximum atomic E-state index is 8.63. The van der Waals surface area contributed by atoms with Crippen molar-refractivity contribution in [1.82, 2.24) is 0 Å². The predicted octanol–water partition coefficient (Wildman–Crippen LogP) is 1.00. The van der Waals surface area contributed by atoms with Gasteiger partial charge >= 0.3 is 0 Å². The fourth-order valence-electron chi connectivity index (χ4n) is 1.18. The first-order chi connectivity index (χ1) is 6.36. The smallest absolute Gasteiger partial charge is 0.0930 e. The summed E-state index contributed by atoms with van der Waals surface area (Å²) in [5.41, 5.74) is 2.30. The third-order valence-electron chi connectivity index (χ3n) is 1.90. The van der Waals surface area contributed by atoms with Gasteiger partial charge in [-0.3, -0.25) is 4.84 Å². The average Bonchev–Trinajstić information content (AvgIpc) is 2.17. The fraction of sp³-hybridized carbons (Fsp3) is 0.400. The Kier molecular flexibility index (Phi) is 4.46. The Labute approximate surface area is 78.1 Å². The number of nitrogens with two attached hydrogens (primary N) is 1. The van der Waals surface area contributed by atoms with Crippen LogP contribution in [0.1, 0.15) is 17.5 Å². The highest BCUT2D eigenvalue weighted by molar-refractivity contribution is 5.22. The third-order valence-corrected chi connectivity index (χ3v) is 1.90. The Balaban J connectivity index is 2.48. The van der Waals surface area contributed by atoms with Gasteiger partial charge in [0.15, 0.2) is 0 Å². The first-order valence-electron chi connectivity index (χ1n) is 4.37. The highest BCUT2D eigenvalue weighted by Crippen LogP contribution is 2.06. The van der Waals surface area contributed by atoms with E-state index in [9.17, 15) is 0 Å². The SMILES string of the molecule is NOCc1ccc(CCCO)cc1. The van der Waals surface area contributed by atoms with Gasteiger partial charge < -0.3 is 5.11 Å². The Hall–Kier alpha value is -0.900. The number of hydrogen-bond donors (Lipinski definition) is 2. The summed E-state index contributed by atoms with van der Waals surface area (Å²) >= 11 is 0. The maximum absolute atomic E-state index is 8.63. The van der Waals surface area contributed by atoms with E-state index in [0.29, 0.717) is 6.61 Å². The molecule has 0 aliphatic carbocycles. The van der Waals surface area contributed by atoms with Gasteiger partial charge in [-0.15, -0.1) is 0 Å². The second-order valence-electron chi connectivity index (χ2n) is 2.95. The highest BCUT2D eigenvalue weighted by Gasteiger charge is 1.94. The van der Waals surface area contributed by atoms with Crippen LogP contribution >= 0.6 is 0 Å². The van der Waals surface area contributed by atoms with E-state index >= 15 is 0 Å². The molecule has 0 amide bonds. The highest BCUT2D eigenvalue weighted by atomic mass is 16.6. The molecule has 0 fully saturated rings. The van der Waals surface area contributed by atoms with Crippen LogP contribution in [-0.2, 0) is 17.9 Å². The van der Waals surface area contributed by atoms with E-state index in [0.717, 1.165) is 18.4 Å². The maximum Gasteiger partial charge on any atom is 0.0930 e. The molecule has 1 aromatic rings. The fourth-order valence-corrected chi connectivity index (χ4v) is 1.18. The second kappa shape index (κ2) is 5.70. The molecule has 0 heterocycles. The van der Waals surface area contributed by atoms with E-state index < -0.39 is 0 Å².